The van der Waals surface area contributed by atoms with Crippen LogP contribution in [0, 0.1) is 11.3 Å². The number of fused-ring (bicyclic) bond motifs is 1. The Kier molecular flexibility index (Phi) is 4.29. The molecular weight excluding hydrogens is 349 g/mol. The van der Waals surface area contributed by atoms with Crippen molar-refractivity contribution in [2.75, 3.05) is 0 Å². The van der Waals surface area contributed by atoms with Crippen LogP contribution >= 0.6 is 22.6 Å². The molecule has 0 aromatic carbocycles. The summed E-state index contributed by atoms with van der Waals surface area (Å²) in [6.45, 7) is 11.5. The van der Waals surface area contributed by atoms with Crippen LogP contribution in [0.15, 0.2) is 0 Å². The lowest BCUT2D eigenvalue weighted by molar-refractivity contribution is 0.204. The highest BCUT2D eigenvalue weighted by molar-refractivity contribution is 14.1. The Hall–Kier alpha value is -0.130. The molecule has 0 saturated heterocycles. The van der Waals surface area contributed by atoms with Crippen LogP contribution in [0.1, 0.15) is 65.3 Å². The van der Waals surface area contributed by atoms with E-state index in [9.17, 15) is 0 Å². The molecule has 2 rings (SSSR count). The van der Waals surface area contributed by atoms with Crippen LogP contribution in [0.25, 0.3) is 0 Å². The molecule has 1 unspecified atom stereocenters. The first-order chi connectivity index (χ1) is 8.69. The zero-order valence-electron chi connectivity index (χ0n) is 12.8. The van der Waals surface area contributed by atoms with Crippen LogP contribution in [0.5, 0.6) is 0 Å². The molecule has 0 spiro atoms. The highest BCUT2D eigenvalue weighted by atomic mass is 127. The Morgan fingerprint density at radius 3 is 2.37 bits per heavy atom. The average molecular weight is 375 g/mol. The number of hydrogen-bond acceptors (Lipinski definition) is 2. The monoisotopic (exact) mass is 375 g/mol. The molecule has 19 heavy (non-hydrogen) atoms. The number of aryl methyl sites for hydroxylation is 1. The number of nitrogens with zero attached hydrogens (tertiary/aromatic N) is 3. The molecule has 0 saturated carbocycles. The van der Waals surface area contributed by atoms with E-state index in [1.54, 1.807) is 0 Å². The maximum Gasteiger partial charge on any atom is 0.110 e. The van der Waals surface area contributed by atoms with Gasteiger partial charge in [-0.15, -0.1) is 5.10 Å². The van der Waals surface area contributed by atoms with Crippen LogP contribution < -0.4 is 0 Å². The van der Waals surface area contributed by atoms with Crippen molar-refractivity contribution in [2.45, 2.75) is 70.3 Å². The average Bonchev–Trinajstić information content (AvgIpc) is 2.57. The molecule has 108 valence electrons. The fourth-order valence-electron chi connectivity index (χ4n) is 3.04. The Morgan fingerprint density at radius 2 is 1.79 bits per heavy atom. The van der Waals surface area contributed by atoms with E-state index in [4.69, 9.17) is 0 Å². The number of halogens is 1. The summed E-state index contributed by atoms with van der Waals surface area (Å²) in [5, 5.41) is 8.85. The Balaban J connectivity index is 2.22. The number of alkyl halides is 1. The summed E-state index contributed by atoms with van der Waals surface area (Å²) >= 11 is 2.44. The lowest BCUT2D eigenvalue weighted by atomic mass is 9.74. The van der Waals surface area contributed by atoms with Crippen LogP contribution in [0.3, 0.4) is 0 Å². The largest absolute Gasteiger partial charge is 0.234 e. The molecule has 0 aliphatic heterocycles. The third-order valence-corrected chi connectivity index (χ3v) is 4.72. The first-order valence-corrected chi connectivity index (χ1v) is 8.40. The van der Waals surface area contributed by atoms with E-state index in [0.717, 1.165) is 18.8 Å². The molecule has 0 radical (unpaired) electrons. The molecule has 1 aromatic heterocycles. The molecular formula is C15H26IN3. The van der Waals surface area contributed by atoms with Gasteiger partial charge < -0.3 is 0 Å². The normalized spacial score (nSPS) is 21.7. The fraction of sp³-hybridized carbons (Fsp3) is 0.867. The maximum absolute atomic E-state index is 4.45. The van der Waals surface area contributed by atoms with E-state index < -0.39 is 0 Å². The first-order valence-electron chi connectivity index (χ1n) is 7.32. The fourth-order valence-corrected chi connectivity index (χ4v) is 3.43. The smallest absolute Gasteiger partial charge is 0.110 e. The summed E-state index contributed by atoms with van der Waals surface area (Å²) in [7, 11) is 0. The van der Waals surface area contributed by atoms with Crippen molar-refractivity contribution in [2.24, 2.45) is 11.3 Å². The minimum atomic E-state index is 0.0149. The molecule has 0 fully saturated rings. The van der Waals surface area contributed by atoms with E-state index in [1.807, 2.05) is 0 Å². The van der Waals surface area contributed by atoms with Crippen LogP contribution in [-0.4, -0.2) is 15.0 Å². The van der Waals surface area contributed by atoms with E-state index in [1.165, 1.54) is 30.7 Å². The number of hydrogen-bond donors (Lipinski definition) is 0. The van der Waals surface area contributed by atoms with Gasteiger partial charge in [0.2, 0.25) is 0 Å². The van der Waals surface area contributed by atoms with Gasteiger partial charge in [0.25, 0.3) is 0 Å². The van der Waals surface area contributed by atoms with Crippen molar-refractivity contribution in [1.29, 1.82) is 0 Å². The summed E-state index contributed by atoms with van der Waals surface area (Å²) in [5.74, 6) is 0.804. The molecule has 4 heteroatoms. The van der Waals surface area contributed by atoms with E-state index in [-0.39, 0.29) is 3.55 Å². The minimum Gasteiger partial charge on any atom is -0.234 e. The second-order valence-electron chi connectivity index (χ2n) is 7.30. The van der Waals surface area contributed by atoms with Gasteiger partial charge in [-0.1, -0.05) is 48.6 Å². The quantitative estimate of drug-likeness (QED) is 0.540. The summed E-state index contributed by atoms with van der Waals surface area (Å²) in [5.41, 5.74) is 3.01. The van der Waals surface area contributed by atoms with E-state index >= 15 is 0 Å². The van der Waals surface area contributed by atoms with Crippen molar-refractivity contribution in [3.63, 3.8) is 0 Å². The van der Waals surface area contributed by atoms with Crippen LogP contribution in [0.4, 0.5) is 0 Å². The molecule has 1 aliphatic rings. The van der Waals surface area contributed by atoms with Crippen molar-refractivity contribution in [1.82, 2.24) is 15.0 Å². The second kappa shape index (κ2) is 5.34. The van der Waals surface area contributed by atoms with Crippen molar-refractivity contribution in [3.05, 3.63) is 11.4 Å². The van der Waals surface area contributed by atoms with Crippen molar-refractivity contribution < 1.29 is 0 Å². The second-order valence-corrected chi connectivity index (χ2v) is 9.94. The van der Waals surface area contributed by atoms with Gasteiger partial charge in [-0.2, -0.15) is 0 Å². The first kappa shape index (κ1) is 15.3. The zero-order valence-corrected chi connectivity index (χ0v) is 15.0. The Labute approximate surface area is 130 Å². The van der Waals surface area contributed by atoms with E-state index in [2.05, 4.69) is 72.2 Å². The van der Waals surface area contributed by atoms with Gasteiger partial charge in [-0.05, 0) is 57.3 Å². The SMILES string of the molecule is CC(C)(C)C1CCCc2c(nnn2C(C)(C)I)CC1. The Morgan fingerprint density at radius 1 is 1.11 bits per heavy atom. The number of aromatic nitrogens is 3. The standard InChI is InChI=1S/C15H26IN3/c1-14(2,3)11-7-6-8-13-12(10-9-11)17-18-19(13)15(4,5)16/h11H,6-10H2,1-5H3. The Bertz CT molecular complexity index is 437. The van der Waals surface area contributed by atoms with Gasteiger partial charge in [0.15, 0.2) is 0 Å². The van der Waals surface area contributed by atoms with Crippen LogP contribution in [-0.2, 0) is 16.4 Å². The molecule has 1 aromatic rings. The zero-order chi connectivity index (χ0) is 14.3. The number of rotatable bonds is 1. The molecule has 3 nitrogen and oxygen atoms in total. The van der Waals surface area contributed by atoms with Gasteiger partial charge in [-0.25, -0.2) is 4.68 Å². The molecule has 1 atom stereocenters. The maximum atomic E-state index is 4.45. The highest BCUT2D eigenvalue weighted by Crippen LogP contribution is 2.36. The predicted octanol–water partition coefficient (Wildman–Crippen LogP) is 4.34. The highest BCUT2D eigenvalue weighted by Gasteiger charge is 2.29. The summed E-state index contributed by atoms with van der Waals surface area (Å²) < 4.78 is 2.14. The summed E-state index contributed by atoms with van der Waals surface area (Å²) in [6, 6.07) is 0. The van der Waals surface area contributed by atoms with Gasteiger partial charge in [-0.3, -0.25) is 0 Å². The van der Waals surface area contributed by atoms with Crippen LogP contribution in [0.2, 0.25) is 0 Å². The lowest BCUT2D eigenvalue weighted by Crippen LogP contribution is -2.25. The third-order valence-electron chi connectivity index (χ3n) is 4.27. The van der Waals surface area contributed by atoms with Crippen molar-refractivity contribution >= 4 is 22.6 Å². The van der Waals surface area contributed by atoms with E-state index in [0.29, 0.717) is 5.41 Å². The molecule has 0 N–H and O–H groups in total. The predicted molar refractivity (Wildman–Crippen MR) is 87.6 cm³/mol. The van der Waals surface area contributed by atoms with Gasteiger partial charge >= 0.3 is 0 Å². The summed E-state index contributed by atoms with van der Waals surface area (Å²) in [4.78, 5) is 0. The minimum absolute atomic E-state index is 0.0149. The molecule has 0 amide bonds. The molecule has 0 bridgehead atoms. The lowest BCUT2D eigenvalue weighted by Gasteiger charge is -2.32. The topological polar surface area (TPSA) is 30.7 Å². The van der Waals surface area contributed by atoms with Gasteiger partial charge in [0.1, 0.15) is 3.55 Å². The third kappa shape index (κ3) is 3.50. The molecule has 1 aliphatic carbocycles. The van der Waals surface area contributed by atoms with Gasteiger partial charge in [0.05, 0.1) is 11.4 Å². The molecule has 1 heterocycles. The van der Waals surface area contributed by atoms with Gasteiger partial charge in [0, 0.05) is 0 Å². The summed E-state index contributed by atoms with van der Waals surface area (Å²) in [6.07, 6.45) is 6.05. The van der Waals surface area contributed by atoms with Crippen molar-refractivity contribution in [3.8, 4) is 0 Å².